The van der Waals surface area contributed by atoms with Crippen molar-refractivity contribution in [2.75, 3.05) is 0 Å². The lowest BCUT2D eigenvalue weighted by Crippen LogP contribution is -2.21. The van der Waals surface area contributed by atoms with Crippen molar-refractivity contribution in [1.29, 1.82) is 0 Å². The fourth-order valence-corrected chi connectivity index (χ4v) is 4.53. The zero-order valence-electron chi connectivity index (χ0n) is 18.4. The molecule has 2 aromatic carbocycles. The summed E-state index contributed by atoms with van der Waals surface area (Å²) in [7, 11) is 0. The van der Waals surface area contributed by atoms with E-state index in [9.17, 15) is 5.11 Å². The minimum atomic E-state index is -0.428. The van der Waals surface area contributed by atoms with E-state index in [-0.39, 0.29) is 5.75 Å². The van der Waals surface area contributed by atoms with Crippen LogP contribution in [0.4, 0.5) is 0 Å². The largest absolute Gasteiger partial charge is 0.506 e. The van der Waals surface area contributed by atoms with E-state index in [1.165, 1.54) is 0 Å². The molecule has 6 rings (SSSR count). The topological polar surface area (TPSA) is 63.8 Å². The average molecular weight is 431 g/mol. The first kappa shape index (κ1) is 19.4. The van der Waals surface area contributed by atoms with E-state index in [0.717, 1.165) is 44.4 Å². The summed E-state index contributed by atoms with van der Waals surface area (Å²) in [6.45, 7) is 4.27. The van der Waals surface area contributed by atoms with Crippen molar-refractivity contribution < 1.29 is 5.11 Å². The number of para-hydroxylation sites is 2. The molecule has 0 aliphatic heterocycles. The molecule has 33 heavy (non-hydrogen) atoms. The van der Waals surface area contributed by atoms with Crippen LogP contribution in [0.15, 0.2) is 91.3 Å². The highest BCUT2D eigenvalue weighted by atomic mass is 16.3. The summed E-state index contributed by atoms with van der Waals surface area (Å²) in [6, 6.07) is 25.9. The Morgan fingerprint density at radius 1 is 0.788 bits per heavy atom. The maximum atomic E-state index is 10.3. The minimum absolute atomic E-state index is 0.189. The van der Waals surface area contributed by atoms with Crippen molar-refractivity contribution in [1.82, 2.24) is 19.5 Å². The standard InChI is InChI=1S/C28H22N4O/c1-28(2,24-14-13-18-8-7-11-23(33)26(18)31-24)19-16-22-27(30-17-19)20-9-3-4-10-21(20)32(22)25-12-5-6-15-29-25/h3-17,33H,1-2H3. The van der Waals surface area contributed by atoms with E-state index in [2.05, 4.69) is 41.6 Å². The van der Waals surface area contributed by atoms with Gasteiger partial charge >= 0.3 is 0 Å². The lowest BCUT2D eigenvalue weighted by atomic mass is 9.81. The average Bonchev–Trinajstić information content (AvgIpc) is 3.18. The molecule has 5 nitrogen and oxygen atoms in total. The maximum absolute atomic E-state index is 10.3. The second-order valence-electron chi connectivity index (χ2n) is 8.80. The van der Waals surface area contributed by atoms with Crippen LogP contribution in [0.1, 0.15) is 25.1 Å². The van der Waals surface area contributed by atoms with Gasteiger partial charge < -0.3 is 5.11 Å². The van der Waals surface area contributed by atoms with Gasteiger partial charge in [0, 0.05) is 28.6 Å². The Labute approximate surface area is 191 Å². The molecule has 0 aliphatic rings. The molecule has 0 saturated carbocycles. The molecule has 0 saturated heterocycles. The first-order valence-electron chi connectivity index (χ1n) is 10.9. The second kappa shape index (κ2) is 7.14. The number of benzene rings is 2. The fraction of sp³-hybridized carbons (Fsp3) is 0.107. The Kier molecular flexibility index (Phi) is 4.20. The molecule has 160 valence electrons. The fourth-order valence-electron chi connectivity index (χ4n) is 4.53. The molecule has 4 aromatic heterocycles. The number of hydrogen-bond acceptors (Lipinski definition) is 4. The van der Waals surface area contributed by atoms with Crippen LogP contribution >= 0.6 is 0 Å². The zero-order valence-corrected chi connectivity index (χ0v) is 18.4. The Bertz CT molecular complexity index is 1650. The Balaban J connectivity index is 1.59. The third-order valence-electron chi connectivity index (χ3n) is 6.45. The normalized spacial score (nSPS) is 12.1. The van der Waals surface area contributed by atoms with Gasteiger partial charge in [0.15, 0.2) is 0 Å². The Hall–Kier alpha value is -4.25. The van der Waals surface area contributed by atoms with Crippen molar-refractivity contribution in [3.63, 3.8) is 0 Å². The number of phenols is 1. The summed E-state index contributed by atoms with van der Waals surface area (Å²) in [4.78, 5) is 14.3. The molecule has 5 heteroatoms. The van der Waals surface area contributed by atoms with Crippen LogP contribution in [0, 0.1) is 0 Å². The lowest BCUT2D eigenvalue weighted by Gasteiger charge is -2.25. The molecule has 0 aliphatic carbocycles. The van der Waals surface area contributed by atoms with Gasteiger partial charge in [0.25, 0.3) is 0 Å². The molecular weight excluding hydrogens is 408 g/mol. The molecule has 0 bridgehead atoms. The molecule has 0 unspecified atom stereocenters. The molecule has 0 fully saturated rings. The highest BCUT2D eigenvalue weighted by Gasteiger charge is 2.27. The molecule has 4 heterocycles. The summed E-state index contributed by atoms with van der Waals surface area (Å²) in [6.07, 6.45) is 3.75. The van der Waals surface area contributed by atoms with Crippen LogP contribution in [0.2, 0.25) is 0 Å². The molecule has 6 aromatic rings. The van der Waals surface area contributed by atoms with Gasteiger partial charge in [0.1, 0.15) is 17.1 Å². The maximum Gasteiger partial charge on any atom is 0.141 e. The molecule has 0 atom stereocenters. The third-order valence-corrected chi connectivity index (χ3v) is 6.45. The van der Waals surface area contributed by atoms with Crippen molar-refractivity contribution in [2.45, 2.75) is 19.3 Å². The van der Waals surface area contributed by atoms with E-state index in [1.807, 2.05) is 67.0 Å². The third kappa shape index (κ3) is 2.97. The van der Waals surface area contributed by atoms with Gasteiger partial charge in [-0.25, -0.2) is 9.97 Å². The zero-order chi connectivity index (χ0) is 22.6. The van der Waals surface area contributed by atoms with Gasteiger partial charge in [-0.1, -0.05) is 56.3 Å². The van der Waals surface area contributed by atoms with Crippen molar-refractivity contribution in [2.24, 2.45) is 0 Å². The van der Waals surface area contributed by atoms with E-state index < -0.39 is 5.41 Å². The van der Waals surface area contributed by atoms with Gasteiger partial charge in [-0.05, 0) is 42.0 Å². The van der Waals surface area contributed by atoms with E-state index in [4.69, 9.17) is 9.97 Å². The van der Waals surface area contributed by atoms with Gasteiger partial charge in [0.05, 0.1) is 22.2 Å². The van der Waals surface area contributed by atoms with Crippen LogP contribution in [-0.4, -0.2) is 24.6 Å². The van der Waals surface area contributed by atoms with Crippen molar-refractivity contribution in [3.8, 4) is 11.6 Å². The molecule has 1 N–H and O–H groups in total. The minimum Gasteiger partial charge on any atom is -0.506 e. The number of fused-ring (bicyclic) bond motifs is 4. The van der Waals surface area contributed by atoms with E-state index >= 15 is 0 Å². The quantitative estimate of drug-likeness (QED) is 0.366. The second-order valence-corrected chi connectivity index (χ2v) is 8.80. The highest BCUT2D eigenvalue weighted by Crippen LogP contribution is 2.36. The predicted molar refractivity (Wildman–Crippen MR) is 132 cm³/mol. The van der Waals surface area contributed by atoms with Gasteiger partial charge in [0.2, 0.25) is 0 Å². The first-order chi connectivity index (χ1) is 16.0. The van der Waals surface area contributed by atoms with E-state index in [0.29, 0.717) is 5.52 Å². The van der Waals surface area contributed by atoms with Crippen LogP contribution in [0.25, 0.3) is 38.7 Å². The molecule has 0 spiro atoms. The predicted octanol–water partition coefficient (Wildman–Crippen LogP) is 6.15. The number of pyridine rings is 3. The monoisotopic (exact) mass is 430 g/mol. The summed E-state index contributed by atoms with van der Waals surface area (Å²) < 4.78 is 2.16. The van der Waals surface area contributed by atoms with Gasteiger partial charge in [-0.15, -0.1) is 0 Å². The molecular formula is C28H22N4O. The van der Waals surface area contributed by atoms with Gasteiger partial charge in [-0.2, -0.15) is 0 Å². The highest BCUT2D eigenvalue weighted by molar-refractivity contribution is 6.07. The van der Waals surface area contributed by atoms with Crippen LogP contribution in [0.5, 0.6) is 5.75 Å². The summed E-state index contributed by atoms with van der Waals surface area (Å²) in [5, 5.41) is 12.3. The van der Waals surface area contributed by atoms with E-state index in [1.54, 1.807) is 6.07 Å². The molecule has 0 amide bonds. The van der Waals surface area contributed by atoms with Crippen LogP contribution in [-0.2, 0) is 5.41 Å². The SMILES string of the molecule is CC(C)(c1cnc2c3ccccc3n(-c3ccccn3)c2c1)c1ccc2cccc(O)c2n1. The number of hydrogen-bond donors (Lipinski definition) is 1. The number of aromatic hydroxyl groups is 1. The number of rotatable bonds is 3. The number of phenolic OH excluding ortho intramolecular Hbond substituents is 1. The number of aromatic nitrogens is 4. The smallest absolute Gasteiger partial charge is 0.141 e. The lowest BCUT2D eigenvalue weighted by molar-refractivity contribution is 0.480. The Morgan fingerprint density at radius 3 is 2.48 bits per heavy atom. The Morgan fingerprint density at radius 2 is 1.64 bits per heavy atom. The molecule has 0 radical (unpaired) electrons. The van der Waals surface area contributed by atoms with Crippen LogP contribution in [0.3, 0.4) is 0 Å². The van der Waals surface area contributed by atoms with Crippen LogP contribution < -0.4 is 0 Å². The first-order valence-corrected chi connectivity index (χ1v) is 10.9. The van der Waals surface area contributed by atoms with Gasteiger partial charge in [-0.3, -0.25) is 9.55 Å². The summed E-state index contributed by atoms with van der Waals surface area (Å²) >= 11 is 0. The van der Waals surface area contributed by atoms with Crippen molar-refractivity contribution in [3.05, 3.63) is 103 Å². The summed E-state index contributed by atoms with van der Waals surface area (Å²) in [5.74, 6) is 1.04. The number of nitrogens with zero attached hydrogens (tertiary/aromatic N) is 4. The summed E-state index contributed by atoms with van der Waals surface area (Å²) in [5.41, 5.74) is 5.12. The van der Waals surface area contributed by atoms with Crippen molar-refractivity contribution >= 4 is 32.8 Å².